The molecule has 0 amide bonds. The average molecular weight is 239 g/mol. The minimum Gasteiger partial charge on any atom is -0.469 e. The lowest BCUT2D eigenvalue weighted by molar-refractivity contribution is -0.144. The van der Waals surface area contributed by atoms with Gasteiger partial charge in [0.15, 0.2) is 0 Å². The Bertz CT molecular complexity index is 385. The van der Waals surface area contributed by atoms with Gasteiger partial charge < -0.3 is 14.9 Å². The highest BCUT2D eigenvalue weighted by atomic mass is 16.5. The first-order valence-corrected chi connectivity index (χ1v) is 5.32. The summed E-state index contributed by atoms with van der Waals surface area (Å²) < 4.78 is 4.43. The molecule has 0 aromatic carbocycles. The Balaban J connectivity index is 2.80. The SMILES string of the molecule is COC(=O)CC(O)C(O)c1cc(C)nc(C)c1. The van der Waals surface area contributed by atoms with Crippen LogP contribution in [0.2, 0.25) is 0 Å². The van der Waals surface area contributed by atoms with Gasteiger partial charge in [-0.15, -0.1) is 0 Å². The standard InChI is InChI=1S/C12H17NO4/c1-7-4-9(5-8(2)13-7)12(16)10(14)6-11(15)17-3/h4-5,10,12,14,16H,6H2,1-3H3. The largest absolute Gasteiger partial charge is 0.469 e. The molecule has 0 saturated carbocycles. The molecule has 2 N–H and O–H groups in total. The summed E-state index contributed by atoms with van der Waals surface area (Å²) in [6, 6.07) is 3.36. The van der Waals surface area contributed by atoms with E-state index in [0.29, 0.717) is 5.56 Å². The fraction of sp³-hybridized carbons (Fsp3) is 0.500. The predicted octanol–water partition coefficient (Wildman–Crippen LogP) is 0.656. The Hall–Kier alpha value is -1.46. The van der Waals surface area contributed by atoms with Gasteiger partial charge in [0.25, 0.3) is 0 Å². The van der Waals surface area contributed by atoms with Crippen LogP contribution in [0.25, 0.3) is 0 Å². The number of aromatic nitrogens is 1. The van der Waals surface area contributed by atoms with Crippen LogP contribution in [0.5, 0.6) is 0 Å². The third-order valence-corrected chi connectivity index (χ3v) is 2.41. The van der Waals surface area contributed by atoms with Crippen LogP contribution in [-0.2, 0) is 9.53 Å². The smallest absolute Gasteiger partial charge is 0.308 e. The molecule has 0 radical (unpaired) electrons. The second-order valence-electron chi connectivity index (χ2n) is 3.98. The average Bonchev–Trinajstić information content (AvgIpc) is 2.26. The van der Waals surface area contributed by atoms with Gasteiger partial charge in [-0.1, -0.05) is 0 Å². The van der Waals surface area contributed by atoms with Crippen molar-refractivity contribution in [1.29, 1.82) is 0 Å². The lowest BCUT2D eigenvalue weighted by Gasteiger charge is -2.17. The number of rotatable bonds is 4. The molecule has 5 heteroatoms. The summed E-state index contributed by atoms with van der Waals surface area (Å²) in [5.74, 6) is -0.556. The minimum atomic E-state index is -1.18. The first kappa shape index (κ1) is 13.6. The Labute approximate surface area is 100 Å². The third-order valence-electron chi connectivity index (χ3n) is 2.41. The van der Waals surface area contributed by atoms with Crippen LogP contribution in [0.15, 0.2) is 12.1 Å². The van der Waals surface area contributed by atoms with Crippen molar-refractivity contribution in [3.63, 3.8) is 0 Å². The predicted molar refractivity (Wildman–Crippen MR) is 61.3 cm³/mol. The zero-order valence-electron chi connectivity index (χ0n) is 10.2. The Kier molecular flexibility index (Phi) is 4.60. The molecule has 17 heavy (non-hydrogen) atoms. The van der Waals surface area contributed by atoms with Gasteiger partial charge in [0.1, 0.15) is 6.10 Å². The quantitative estimate of drug-likeness (QED) is 0.754. The number of aliphatic hydroxyl groups is 2. The number of methoxy groups -OCH3 is 1. The molecule has 0 fully saturated rings. The lowest BCUT2D eigenvalue weighted by atomic mass is 10.0. The van der Waals surface area contributed by atoms with Gasteiger partial charge in [-0.25, -0.2) is 0 Å². The fourth-order valence-corrected chi connectivity index (χ4v) is 1.63. The number of aryl methyl sites for hydroxylation is 2. The van der Waals surface area contributed by atoms with Gasteiger partial charge in [0, 0.05) is 11.4 Å². The Morgan fingerprint density at radius 3 is 2.35 bits per heavy atom. The maximum Gasteiger partial charge on any atom is 0.308 e. The van der Waals surface area contributed by atoms with Crippen molar-refractivity contribution in [1.82, 2.24) is 4.98 Å². The topological polar surface area (TPSA) is 79.7 Å². The van der Waals surface area contributed by atoms with Gasteiger partial charge in [0.05, 0.1) is 19.6 Å². The van der Waals surface area contributed by atoms with Crippen molar-refractivity contribution < 1.29 is 19.7 Å². The molecule has 0 aliphatic rings. The van der Waals surface area contributed by atoms with Gasteiger partial charge in [0.2, 0.25) is 0 Å². The van der Waals surface area contributed by atoms with Gasteiger partial charge in [-0.3, -0.25) is 9.78 Å². The van der Waals surface area contributed by atoms with Crippen molar-refractivity contribution in [3.05, 3.63) is 29.1 Å². The van der Waals surface area contributed by atoms with Crippen molar-refractivity contribution in [2.45, 2.75) is 32.5 Å². The highest BCUT2D eigenvalue weighted by Gasteiger charge is 2.22. The monoisotopic (exact) mass is 239 g/mol. The number of pyridine rings is 1. The summed E-state index contributed by atoms with van der Waals surface area (Å²) in [7, 11) is 1.24. The van der Waals surface area contributed by atoms with E-state index in [1.54, 1.807) is 26.0 Å². The van der Waals surface area contributed by atoms with E-state index in [1.807, 2.05) is 0 Å². The molecule has 0 spiro atoms. The second-order valence-corrected chi connectivity index (χ2v) is 3.98. The summed E-state index contributed by atoms with van der Waals surface area (Å²) in [5, 5.41) is 19.6. The molecule has 1 rings (SSSR count). The van der Waals surface area contributed by atoms with E-state index in [0.717, 1.165) is 11.4 Å². The molecule has 0 aliphatic heterocycles. The highest BCUT2D eigenvalue weighted by Crippen LogP contribution is 2.20. The third kappa shape index (κ3) is 3.80. The summed E-state index contributed by atoms with van der Waals surface area (Å²) >= 11 is 0. The Morgan fingerprint density at radius 2 is 1.88 bits per heavy atom. The van der Waals surface area contributed by atoms with Crippen LogP contribution in [-0.4, -0.2) is 34.4 Å². The van der Waals surface area contributed by atoms with Gasteiger partial charge in [-0.2, -0.15) is 0 Å². The van der Waals surface area contributed by atoms with E-state index in [2.05, 4.69) is 9.72 Å². The number of carbonyl (C=O) groups is 1. The van der Waals surface area contributed by atoms with Gasteiger partial charge >= 0.3 is 5.97 Å². The molecule has 0 bridgehead atoms. The molecule has 1 aromatic rings. The van der Waals surface area contributed by atoms with Crippen molar-refractivity contribution in [2.75, 3.05) is 7.11 Å². The van der Waals surface area contributed by atoms with E-state index in [9.17, 15) is 15.0 Å². The highest BCUT2D eigenvalue weighted by molar-refractivity contribution is 5.69. The number of hydrogen-bond acceptors (Lipinski definition) is 5. The zero-order chi connectivity index (χ0) is 13.0. The van der Waals surface area contributed by atoms with Crippen molar-refractivity contribution in [2.24, 2.45) is 0 Å². The van der Waals surface area contributed by atoms with Crippen LogP contribution < -0.4 is 0 Å². The second kappa shape index (κ2) is 5.75. The van der Waals surface area contributed by atoms with Crippen LogP contribution in [0.3, 0.4) is 0 Å². The number of hydrogen-bond donors (Lipinski definition) is 2. The first-order valence-electron chi connectivity index (χ1n) is 5.32. The van der Waals surface area contributed by atoms with Gasteiger partial charge in [-0.05, 0) is 31.5 Å². The summed E-state index contributed by atoms with van der Waals surface area (Å²) in [6.07, 6.45) is -2.53. The molecular weight excluding hydrogens is 222 g/mol. The number of aliphatic hydroxyl groups excluding tert-OH is 2. The van der Waals surface area contributed by atoms with E-state index in [4.69, 9.17) is 0 Å². The van der Waals surface area contributed by atoms with Crippen LogP contribution in [0, 0.1) is 13.8 Å². The number of ether oxygens (including phenoxy) is 1. The molecule has 2 atom stereocenters. The molecule has 1 aromatic heterocycles. The van der Waals surface area contributed by atoms with E-state index >= 15 is 0 Å². The van der Waals surface area contributed by atoms with E-state index in [-0.39, 0.29) is 6.42 Å². The summed E-state index contributed by atoms with van der Waals surface area (Å²) in [5.41, 5.74) is 2.06. The van der Waals surface area contributed by atoms with E-state index in [1.165, 1.54) is 7.11 Å². The molecule has 0 aliphatic carbocycles. The minimum absolute atomic E-state index is 0.238. The molecule has 5 nitrogen and oxygen atoms in total. The van der Waals surface area contributed by atoms with Crippen LogP contribution >= 0.6 is 0 Å². The fourth-order valence-electron chi connectivity index (χ4n) is 1.63. The molecule has 94 valence electrons. The number of nitrogens with zero attached hydrogens (tertiary/aromatic N) is 1. The van der Waals surface area contributed by atoms with Crippen molar-refractivity contribution in [3.8, 4) is 0 Å². The maximum atomic E-state index is 11.0. The molecule has 2 unspecified atom stereocenters. The maximum absolute atomic E-state index is 11.0. The van der Waals surface area contributed by atoms with Crippen LogP contribution in [0.4, 0.5) is 0 Å². The number of carbonyl (C=O) groups excluding carboxylic acids is 1. The Morgan fingerprint density at radius 1 is 1.35 bits per heavy atom. The van der Waals surface area contributed by atoms with E-state index < -0.39 is 18.2 Å². The summed E-state index contributed by atoms with van der Waals surface area (Å²) in [4.78, 5) is 15.2. The van der Waals surface area contributed by atoms with Crippen LogP contribution in [0.1, 0.15) is 29.5 Å². The van der Waals surface area contributed by atoms with Crippen molar-refractivity contribution >= 4 is 5.97 Å². The molecule has 0 saturated heterocycles. The zero-order valence-corrected chi connectivity index (χ0v) is 10.2. The molecule has 1 heterocycles. The summed E-state index contributed by atoms with van der Waals surface area (Å²) in [6.45, 7) is 3.60. The first-order chi connectivity index (χ1) is 7.93. The lowest BCUT2D eigenvalue weighted by Crippen LogP contribution is -2.22. The number of esters is 1. The normalized spacial score (nSPS) is 14.2. The molecular formula is C12H17NO4.